The van der Waals surface area contributed by atoms with Crippen molar-refractivity contribution in [2.75, 3.05) is 19.7 Å². The number of aliphatic imine (C=N–C) groups is 1. The van der Waals surface area contributed by atoms with Gasteiger partial charge in [0.25, 0.3) is 0 Å². The lowest BCUT2D eigenvalue weighted by molar-refractivity contribution is 0.0530. The van der Waals surface area contributed by atoms with Crippen LogP contribution in [0.25, 0.3) is 0 Å². The molecule has 27 heavy (non-hydrogen) atoms. The summed E-state index contributed by atoms with van der Waals surface area (Å²) < 4.78 is 5.08. The first-order valence-electron chi connectivity index (χ1n) is 9.30. The maximum absolute atomic E-state index is 12.0. The van der Waals surface area contributed by atoms with Crippen molar-refractivity contribution in [3.63, 3.8) is 0 Å². The minimum atomic E-state index is -0.680. The number of guanidine groups is 1. The van der Waals surface area contributed by atoms with E-state index in [9.17, 15) is 9.90 Å². The molecule has 1 fully saturated rings. The Morgan fingerprint density at radius 2 is 2.07 bits per heavy atom. The number of esters is 1. The van der Waals surface area contributed by atoms with Gasteiger partial charge in [-0.3, -0.25) is 4.99 Å². The van der Waals surface area contributed by atoms with E-state index in [1.165, 1.54) is 11.3 Å². The third-order valence-electron chi connectivity index (χ3n) is 4.41. The maximum atomic E-state index is 12.0. The van der Waals surface area contributed by atoms with Gasteiger partial charge in [-0.05, 0) is 40.5 Å². The molecular weight excluding hydrogens is 479 g/mol. The first kappa shape index (κ1) is 24.1. The van der Waals surface area contributed by atoms with Gasteiger partial charge >= 0.3 is 5.97 Å². The average Bonchev–Trinajstić information content (AvgIpc) is 3.20. The minimum Gasteiger partial charge on any atom is -0.462 e. The second kappa shape index (κ2) is 11.2. The number of hydrogen-bond acceptors (Lipinski definition) is 6. The molecule has 0 spiro atoms. The second-order valence-electron chi connectivity index (χ2n) is 6.68. The first-order valence-corrected chi connectivity index (χ1v) is 10.1. The molecule has 1 aromatic heterocycles. The topological polar surface area (TPSA) is 95.8 Å². The summed E-state index contributed by atoms with van der Waals surface area (Å²) in [5.41, 5.74) is -0.000206. The van der Waals surface area contributed by atoms with Crippen molar-refractivity contribution < 1.29 is 14.6 Å². The summed E-state index contributed by atoms with van der Waals surface area (Å²) in [6.07, 6.45) is 3.73. The Balaban J connectivity index is 0.00000364. The zero-order chi connectivity index (χ0) is 19.2. The number of hydrogen-bond donors (Lipinski definition) is 3. The van der Waals surface area contributed by atoms with Crippen molar-refractivity contribution in [3.05, 3.63) is 15.6 Å². The molecule has 1 unspecified atom stereocenters. The molecule has 1 aliphatic carbocycles. The van der Waals surface area contributed by atoms with E-state index in [1.54, 1.807) is 6.92 Å². The number of carbonyl (C=O) groups excluding carboxylic acids is 1. The fourth-order valence-corrected chi connectivity index (χ4v) is 3.96. The molecule has 7 nitrogen and oxygen atoms in total. The molecule has 1 aromatic rings. The summed E-state index contributed by atoms with van der Waals surface area (Å²) in [7, 11) is 0. The number of halogens is 1. The minimum absolute atomic E-state index is 0. The molecule has 0 aliphatic heterocycles. The van der Waals surface area contributed by atoms with Crippen LogP contribution in [-0.4, -0.2) is 47.3 Å². The predicted molar refractivity (Wildman–Crippen MR) is 119 cm³/mol. The number of nitrogens with zero attached hydrogens (tertiary/aromatic N) is 2. The Bertz CT molecular complexity index is 645. The molecule has 0 bridgehead atoms. The number of aliphatic hydroxyl groups is 1. The number of aromatic nitrogens is 1. The van der Waals surface area contributed by atoms with Gasteiger partial charge in [0, 0.05) is 6.54 Å². The predicted octanol–water partition coefficient (Wildman–Crippen LogP) is 3.17. The van der Waals surface area contributed by atoms with Crippen LogP contribution in [0.5, 0.6) is 0 Å². The van der Waals surface area contributed by atoms with E-state index in [-0.39, 0.29) is 36.0 Å². The van der Waals surface area contributed by atoms with Gasteiger partial charge in [0.1, 0.15) is 9.88 Å². The van der Waals surface area contributed by atoms with Gasteiger partial charge in [-0.1, -0.05) is 12.8 Å². The van der Waals surface area contributed by atoms with Crippen LogP contribution in [0, 0.1) is 6.92 Å². The lowest BCUT2D eigenvalue weighted by atomic mass is 10.0. The van der Waals surface area contributed by atoms with Crippen LogP contribution < -0.4 is 10.6 Å². The molecule has 1 heterocycles. The molecular formula is C18H31IN4O3S. The molecule has 1 aliphatic rings. The highest BCUT2D eigenvalue weighted by Gasteiger charge is 2.31. The zero-order valence-corrected chi connectivity index (χ0v) is 19.6. The van der Waals surface area contributed by atoms with E-state index < -0.39 is 5.60 Å². The zero-order valence-electron chi connectivity index (χ0n) is 16.5. The number of ether oxygens (including phenoxy) is 1. The van der Waals surface area contributed by atoms with Crippen molar-refractivity contribution in [1.29, 1.82) is 0 Å². The van der Waals surface area contributed by atoms with Gasteiger partial charge in [0.05, 0.1) is 30.5 Å². The molecule has 3 N–H and O–H groups in total. The fourth-order valence-electron chi connectivity index (χ4n) is 2.99. The summed E-state index contributed by atoms with van der Waals surface area (Å²) in [5, 5.41) is 17.8. The van der Waals surface area contributed by atoms with Gasteiger partial charge in [-0.15, -0.1) is 35.3 Å². The van der Waals surface area contributed by atoms with Gasteiger partial charge in [0.15, 0.2) is 5.96 Å². The first-order chi connectivity index (χ1) is 12.4. The third kappa shape index (κ3) is 6.86. The number of carbonyl (C=O) groups is 1. The highest BCUT2D eigenvalue weighted by Crippen LogP contribution is 2.29. The quantitative estimate of drug-likeness (QED) is 0.226. The van der Waals surface area contributed by atoms with Crippen molar-refractivity contribution in [1.82, 2.24) is 15.6 Å². The van der Waals surface area contributed by atoms with Crippen LogP contribution in [0.2, 0.25) is 0 Å². The Kier molecular flexibility index (Phi) is 9.96. The van der Waals surface area contributed by atoms with Crippen LogP contribution in [0.1, 0.15) is 72.9 Å². The molecule has 9 heteroatoms. The van der Waals surface area contributed by atoms with Gasteiger partial charge in [0.2, 0.25) is 0 Å². The van der Waals surface area contributed by atoms with E-state index in [4.69, 9.17) is 4.74 Å². The van der Waals surface area contributed by atoms with Crippen molar-refractivity contribution in [2.24, 2.45) is 4.99 Å². The van der Waals surface area contributed by atoms with Gasteiger partial charge < -0.3 is 20.5 Å². The van der Waals surface area contributed by atoms with E-state index >= 15 is 0 Å². The largest absolute Gasteiger partial charge is 0.462 e. The molecule has 1 saturated carbocycles. The summed E-state index contributed by atoms with van der Waals surface area (Å²) in [5.74, 6) is 0.316. The molecule has 2 rings (SSSR count). The summed E-state index contributed by atoms with van der Waals surface area (Å²) >= 11 is 1.34. The van der Waals surface area contributed by atoms with Crippen LogP contribution in [-0.2, 0) is 4.74 Å². The monoisotopic (exact) mass is 510 g/mol. The standard InChI is InChI=1S/C18H30N4O3S.HI/c1-5-19-17(20-11-18(24)9-7-8-10-18)22-13(4)15-21-12(3)14(26-15)16(23)25-6-2;/h13,24H,5-11H2,1-4H3,(H2,19,20,22);1H. The lowest BCUT2D eigenvalue weighted by Gasteiger charge is -2.21. The number of nitrogens with one attached hydrogen (secondary N) is 2. The Morgan fingerprint density at radius 1 is 1.41 bits per heavy atom. The smallest absolute Gasteiger partial charge is 0.350 e. The van der Waals surface area contributed by atoms with Crippen molar-refractivity contribution in [2.45, 2.75) is 65.0 Å². The molecule has 154 valence electrons. The van der Waals surface area contributed by atoms with Gasteiger partial charge in [-0.2, -0.15) is 0 Å². The Hall–Kier alpha value is -0.940. The van der Waals surface area contributed by atoms with Crippen LogP contribution >= 0.6 is 35.3 Å². The average molecular weight is 510 g/mol. The molecule has 0 saturated heterocycles. The summed E-state index contributed by atoms with van der Waals surface area (Å²) in [6, 6.07) is -0.113. The van der Waals surface area contributed by atoms with Crippen molar-refractivity contribution in [3.8, 4) is 0 Å². The van der Waals surface area contributed by atoms with E-state index in [0.29, 0.717) is 29.7 Å². The Labute approximate surface area is 182 Å². The summed E-state index contributed by atoms with van der Waals surface area (Å²) in [4.78, 5) is 21.6. The Morgan fingerprint density at radius 3 is 2.67 bits per heavy atom. The normalized spacial score (nSPS) is 17.1. The molecule has 0 radical (unpaired) electrons. The van der Waals surface area contributed by atoms with Crippen molar-refractivity contribution >= 4 is 47.2 Å². The van der Waals surface area contributed by atoms with Crippen LogP contribution in [0.15, 0.2) is 4.99 Å². The molecule has 0 aromatic carbocycles. The van der Waals surface area contributed by atoms with Crippen LogP contribution in [0.3, 0.4) is 0 Å². The van der Waals surface area contributed by atoms with Gasteiger partial charge in [-0.25, -0.2) is 9.78 Å². The number of aryl methyl sites for hydroxylation is 1. The van der Waals surface area contributed by atoms with E-state index in [2.05, 4.69) is 20.6 Å². The second-order valence-corrected chi connectivity index (χ2v) is 7.71. The highest BCUT2D eigenvalue weighted by molar-refractivity contribution is 14.0. The number of rotatable bonds is 7. The maximum Gasteiger partial charge on any atom is 0.350 e. The highest BCUT2D eigenvalue weighted by atomic mass is 127. The van der Waals surface area contributed by atoms with E-state index in [0.717, 1.165) is 37.2 Å². The lowest BCUT2D eigenvalue weighted by Crippen LogP contribution is -2.40. The molecule has 1 atom stereocenters. The van der Waals surface area contributed by atoms with Crippen LogP contribution in [0.4, 0.5) is 0 Å². The summed E-state index contributed by atoms with van der Waals surface area (Å²) in [6.45, 7) is 9.04. The third-order valence-corrected chi connectivity index (χ3v) is 5.73. The molecule has 0 amide bonds. The SMILES string of the molecule is CCNC(=NCC1(O)CCCC1)NC(C)c1nc(C)c(C(=O)OCC)s1.I. The van der Waals surface area contributed by atoms with E-state index in [1.807, 2.05) is 20.8 Å². The number of thiazole rings is 1. The fraction of sp³-hybridized carbons (Fsp3) is 0.722.